The molecule has 0 aliphatic carbocycles. The maximum Gasteiger partial charge on any atom is 0.252 e. The second-order valence-electron chi connectivity index (χ2n) is 4.25. The molecule has 94 valence electrons. The Bertz CT molecular complexity index is 577. The van der Waals surface area contributed by atoms with Gasteiger partial charge < -0.3 is 5.32 Å². The molecule has 0 spiro atoms. The Morgan fingerprint density at radius 2 is 2.11 bits per heavy atom. The van der Waals surface area contributed by atoms with Crippen molar-refractivity contribution in [2.75, 3.05) is 0 Å². The van der Waals surface area contributed by atoms with Gasteiger partial charge in [-0.15, -0.1) is 0 Å². The van der Waals surface area contributed by atoms with Crippen LogP contribution >= 0.6 is 27.3 Å². The molecule has 2 rings (SSSR count). The predicted octanol–water partition coefficient (Wildman–Crippen LogP) is 4.06. The van der Waals surface area contributed by atoms with Crippen molar-refractivity contribution in [3.8, 4) is 0 Å². The number of thiophene rings is 1. The van der Waals surface area contributed by atoms with E-state index < -0.39 is 0 Å². The molecule has 1 N–H and O–H groups in total. The van der Waals surface area contributed by atoms with E-state index in [1.165, 1.54) is 11.1 Å². The van der Waals surface area contributed by atoms with Crippen molar-refractivity contribution in [2.45, 2.75) is 20.4 Å². The normalized spacial score (nSPS) is 10.4. The molecular formula is C14H14BrNOS. The van der Waals surface area contributed by atoms with Gasteiger partial charge in [-0.3, -0.25) is 4.79 Å². The lowest BCUT2D eigenvalue weighted by molar-refractivity contribution is 0.0950. The summed E-state index contributed by atoms with van der Waals surface area (Å²) in [6.45, 7) is 4.63. The van der Waals surface area contributed by atoms with Crippen LogP contribution in [0.4, 0.5) is 0 Å². The molecule has 1 heterocycles. The van der Waals surface area contributed by atoms with Crippen molar-refractivity contribution < 1.29 is 4.79 Å². The first-order valence-electron chi connectivity index (χ1n) is 5.64. The average Bonchev–Trinajstić information content (AvgIpc) is 2.72. The average molecular weight is 324 g/mol. The number of aryl methyl sites for hydroxylation is 2. The molecule has 0 aliphatic rings. The molecule has 0 aliphatic heterocycles. The Balaban J connectivity index is 2.06. The number of carbonyl (C=O) groups is 1. The van der Waals surface area contributed by atoms with Crippen molar-refractivity contribution in [2.24, 2.45) is 0 Å². The van der Waals surface area contributed by atoms with Crippen LogP contribution in [0.5, 0.6) is 0 Å². The number of hydrogen-bond acceptors (Lipinski definition) is 2. The minimum atomic E-state index is -0.0486. The van der Waals surface area contributed by atoms with Gasteiger partial charge in [0.15, 0.2) is 0 Å². The third-order valence-electron chi connectivity index (χ3n) is 2.77. The zero-order chi connectivity index (χ0) is 13.1. The molecule has 0 radical (unpaired) electrons. The minimum absolute atomic E-state index is 0.0486. The van der Waals surface area contributed by atoms with E-state index in [0.717, 1.165) is 10.0 Å². The molecule has 0 saturated heterocycles. The van der Waals surface area contributed by atoms with E-state index >= 15 is 0 Å². The molecule has 4 heteroatoms. The van der Waals surface area contributed by atoms with Gasteiger partial charge in [-0.05, 0) is 69.4 Å². The molecule has 2 aromatic rings. The van der Waals surface area contributed by atoms with E-state index in [0.29, 0.717) is 12.1 Å². The molecule has 0 fully saturated rings. The number of benzene rings is 1. The summed E-state index contributed by atoms with van der Waals surface area (Å²) in [7, 11) is 0. The molecule has 2 nitrogen and oxygen atoms in total. The Hall–Kier alpha value is -1.13. The predicted molar refractivity (Wildman–Crippen MR) is 79.1 cm³/mol. The Kier molecular flexibility index (Phi) is 4.19. The SMILES string of the molecule is Cc1ccc(C(=O)NCc2cscc2C)c(Br)c1. The fourth-order valence-corrected chi connectivity index (χ4v) is 3.17. The fraction of sp³-hybridized carbons (Fsp3) is 0.214. The first kappa shape index (κ1) is 13.3. The lowest BCUT2D eigenvalue weighted by Crippen LogP contribution is -2.23. The zero-order valence-corrected chi connectivity index (χ0v) is 12.7. The van der Waals surface area contributed by atoms with Gasteiger partial charge in [0, 0.05) is 11.0 Å². The number of carbonyl (C=O) groups excluding carboxylic acids is 1. The minimum Gasteiger partial charge on any atom is -0.348 e. The second kappa shape index (κ2) is 5.67. The molecule has 0 bridgehead atoms. The van der Waals surface area contributed by atoms with Crippen molar-refractivity contribution in [1.82, 2.24) is 5.32 Å². The summed E-state index contributed by atoms with van der Waals surface area (Å²) in [6, 6.07) is 5.73. The van der Waals surface area contributed by atoms with Crippen LogP contribution in [0.3, 0.4) is 0 Å². The summed E-state index contributed by atoms with van der Waals surface area (Å²) >= 11 is 5.08. The van der Waals surface area contributed by atoms with E-state index in [2.05, 4.69) is 38.9 Å². The van der Waals surface area contributed by atoms with Gasteiger partial charge in [0.25, 0.3) is 5.91 Å². The van der Waals surface area contributed by atoms with Crippen molar-refractivity contribution >= 4 is 33.2 Å². The lowest BCUT2D eigenvalue weighted by atomic mass is 10.1. The van der Waals surface area contributed by atoms with Gasteiger partial charge in [0.2, 0.25) is 0 Å². The van der Waals surface area contributed by atoms with Crippen LogP contribution in [0.15, 0.2) is 33.4 Å². The first-order valence-corrected chi connectivity index (χ1v) is 7.37. The summed E-state index contributed by atoms with van der Waals surface area (Å²) in [5.74, 6) is -0.0486. The summed E-state index contributed by atoms with van der Waals surface area (Å²) in [5, 5.41) is 7.10. The highest BCUT2D eigenvalue weighted by molar-refractivity contribution is 9.10. The summed E-state index contributed by atoms with van der Waals surface area (Å²) in [5.41, 5.74) is 4.21. The highest BCUT2D eigenvalue weighted by atomic mass is 79.9. The second-order valence-corrected chi connectivity index (χ2v) is 5.84. The molecular weight excluding hydrogens is 310 g/mol. The standard InChI is InChI=1S/C14H14BrNOS/c1-9-3-4-12(13(15)5-9)14(17)16-6-11-8-18-7-10(11)2/h3-5,7-8H,6H2,1-2H3,(H,16,17). The fourth-order valence-electron chi connectivity index (χ4n) is 1.64. The van der Waals surface area contributed by atoms with Gasteiger partial charge >= 0.3 is 0 Å². The third kappa shape index (κ3) is 3.00. The molecule has 1 aromatic heterocycles. The summed E-state index contributed by atoms with van der Waals surface area (Å²) in [4.78, 5) is 12.0. The number of nitrogens with one attached hydrogen (secondary N) is 1. The molecule has 0 unspecified atom stereocenters. The summed E-state index contributed by atoms with van der Waals surface area (Å²) in [6.07, 6.45) is 0. The Labute approximate surface area is 119 Å². The van der Waals surface area contributed by atoms with Gasteiger partial charge in [-0.1, -0.05) is 6.07 Å². The van der Waals surface area contributed by atoms with Crippen molar-refractivity contribution in [3.63, 3.8) is 0 Å². The third-order valence-corrected chi connectivity index (χ3v) is 4.34. The molecule has 0 saturated carbocycles. The van der Waals surface area contributed by atoms with Gasteiger partial charge in [-0.25, -0.2) is 0 Å². The highest BCUT2D eigenvalue weighted by Crippen LogP contribution is 2.19. The topological polar surface area (TPSA) is 29.1 Å². The monoisotopic (exact) mass is 323 g/mol. The maximum absolute atomic E-state index is 12.0. The molecule has 0 atom stereocenters. The molecule has 18 heavy (non-hydrogen) atoms. The van der Waals surface area contributed by atoms with Crippen LogP contribution in [0.2, 0.25) is 0 Å². The van der Waals surface area contributed by atoms with E-state index in [4.69, 9.17) is 0 Å². The van der Waals surface area contributed by atoms with Gasteiger partial charge in [0.1, 0.15) is 0 Å². The van der Waals surface area contributed by atoms with Crippen molar-refractivity contribution in [3.05, 3.63) is 55.7 Å². The number of rotatable bonds is 3. The van der Waals surface area contributed by atoms with Crippen LogP contribution < -0.4 is 5.32 Å². The van der Waals surface area contributed by atoms with Gasteiger partial charge in [-0.2, -0.15) is 11.3 Å². The Morgan fingerprint density at radius 3 is 2.72 bits per heavy atom. The van der Waals surface area contributed by atoms with E-state index in [1.807, 2.05) is 25.1 Å². The smallest absolute Gasteiger partial charge is 0.252 e. The largest absolute Gasteiger partial charge is 0.348 e. The van der Waals surface area contributed by atoms with Crippen molar-refractivity contribution in [1.29, 1.82) is 0 Å². The number of amides is 1. The lowest BCUT2D eigenvalue weighted by Gasteiger charge is -2.07. The molecule has 1 amide bonds. The maximum atomic E-state index is 12.0. The first-order chi connectivity index (χ1) is 8.58. The number of hydrogen-bond donors (Lipinski definition) is 1. The van der Waals surface area contributed by atoms with Gasteiger partial charge in [0.05, 0.1) is 5.56 Å². The van der Waals surface area contributed by atoms with Crippen LogP contribution in [-0.2, 0) is 6.54 Å². The highest BCUT2D eigenvalue weighted by Gasteiger charge is 2.10. The zero-order valence-electron chi connectivity index (χ0n) is 10.3. The molecule has 1 aromatic carbocycles. The van der Waals surface area contributed by atoms with E-state index in [-0.39, 0.29) is 5.91 Å². The van der Waals surface area contributed by atoms with Crippen LogP contribution in [0.1, 0.15) is 27.0 Å². The van der Waals surface area contributed by atoms with E-state index in [1.54, 1.807) is 11.3 Å². The number of halogens is 1. The van der Waals surface area contributed by atoms with Crippen LogP contribution in [0.25, 0.3) is 0 Å². The van der Waals surface area contributed by atoms with Crippen LogP contribution in [-0.4, -0.2) is 5.91 Å². The Morgan fingerprint density at radius 1 is 1.33 bits per heavy atom. The quantitative estimate of drug-likeness (QED) is 0.906. The van der Waals surface area contributed by atoms with E-state index in [9.17, 15) is 4.79 Å². The van der Waals surface area contributed by atoms with Crippen LogP contribution in [0, 0.1) is 13.8 Å². The summed E-state index contributed by atoms with van der Waals surface area (Å²) < 4.78 is 0.835.